The van der Waals surface area contributed by atoms with Crippen LogP contribution in [0.25, 0.3) is 43.9 Å². The highest BCUT2D eigenvalue weighted by atomic mass is 32.1. The number of carbonyl (C=O) groups excluding carboxylic acids is 1. The Morgan fingerprint density at radius 1 is 1.23 bits per heavy atom. The first-order valence-electron chi connectivity index (χ1n) is 13.6. The van der Waals surface area contributed by atoms with E-state index in [1.807, 2.05) is 29.1 Å². The number of halogens is 2. The maximum Gasteiger partial charge on any atom is 0.246 e. The number of nitrogens with zero attached hydrogens (tertiary/aromatic N) is 6. The molecule has 2 unspecified atom stereocenters. The Morgan fingerprint density at radius 2 is 2.00 bits per heavy atom. The van der Waals surface area contributed by atoms with Crippen LogP contribution < -0.4 is 4.74 Å². The summed E-state index contributed by atoms with van der Waals surface area (Å²) in [4.78, 5) is 27.9. The average molecular weight is 603 g/mol. The van der Waals surface area contributed by atoms with E-state index in [1.165, 1.54) is 24.3 Å². The zero-order valence-corrected chi connectivity index (χ0v) is 24.5. The van der Waals surface area contributed by atoms with Crippen LogP contribution in [0, 0.1) is 18.6 Å². The Morgan fingerprint density at radius 3 is 2.72 bits per heavy atom. The molecule has 0 bridgehead atoms. The predicted molar refractivity (Wildman–Crippen MR) is 159 cm³/mol. The van der Waals surface area contributed by atoms with Crippen LogP contribution in [-0.4, -0.2) is 59.9 Å². The maximum atomic E-state index is 15.9. The van der Waals surface area contributed by atoms with Gasteiger partial charge in [0, 0.05) is 52.3 Å². The SMILES string of the molecule is C=CC(=O)N1Cc2cc(-c3nc(-c4cnc(C)nc4)c4ccsc4c3-c3c(F)cc(F)cc3OCC(C)O)nn2C(C)C1. The molecule has 0 saturated heterocycles. The summed E-state index contributed by atoms with van der Waals surface area (Å²) in [6, 6.07) is 5.47. The molecule has 1 aliphatic heterocycles. The van der Waals surface area contributed by atoms with Crippen molar-refractivity contribution >= 4 is 27.3 Å². The summed E-state index contributed by atoms with van der Waals surface area (Å²) in [5.74, 6) is -1.31. The van der Waals surface area contributed by atoms with Gasteiger partial charge in [0.1, 0.15) is 41.2 Å². The molecule has 1 N–H and O–H groups in total. The smallest absolute Gasteiger partial charge is 0.246 e. The van der Waals surface area contributed by atoms with Crippen LogP contribution in [0.4, 0.5) is 8.78 Å². The number of amides is 1. The number of thiophene rings is 1. The van der Waals surface area contributed by atoms with Crippen molar-refractivity contribution in [3.05, 3.63) is 77.8 Å². The van der Waals surface area contributed by atoms with Crippen LogP contribution in [-0.2, 0) is 11.3 Å². The number of aromatic nitrogens is 5. The molecule has 6 rings (SSSR count). The fourth-order valence-corrected chi connectivity index (χ4v) is 6.24. The molecule has 5 aromatic rings. The lowest BCUT2D eigenvalue weighted by Crippen LogP contribution is -2.39. The number of aliphatic hydroxyl groups excluding tert-OH is 1. The number of carbonyl (C=O) groups is 1. The quantitative estimate of drug-likeness (QED) is 0.238. The van der Waals surface area contributed by atoms with Gasteiger partial charge in [-0.3, -0.25) is 9.48 Å². The summed E-state index contributed by atoms with van der Waals surface area (Å²) < 4.78 is 38.7. The molecular weight excluding hydrogens is 574 g/mol. The predicted octanol–water partition coefficient (Wildman–Crippen LogP) is 5.72. The monoisotopic (exact) mass is 602 g/mol. The van der Waals surface area contributed by atoms with Gasteiger partial charge in [0.2, 0.25) is 5.91 Å². The van der Waals surface area contributed by atoms with Gasteiger partial charge in [-0.1, -0.05) is 6.58 Å². The molecule has 1 aromatic carbocycles. The van der Waals surface area contributed by atoms with Gasteiger partial charge in [-0.15, -0.1) is 11.3 Å². The van der Waals surface area contributed by atoms with E-state index < -0.39 is 17.7 Å². The third kappa shape index (κ3) is 5.28. The van der Waals surface area contributed by atoms with Crippen LogP contribution in [0.3, 0.4) is 0 Å². The van der Waals surface area contributed by atoms with E-state index in [4.69, 9.17) is 14.8 Å². The van der Waals surface area contributed by atoms with Gasteiger partial charge in [-0.05, 0) is 44.4 Å². The lowest BCUT2D eigenvalue weighted by Gasteiger charge is -2.31. The van der Waals surface area contributed by atoms with Gasteiger partial charge >= 0.3 is 0 Å². The molecule has 0 spiro atoms. The van der Waals surface area contributed by atoms with E-state index in [-0.39, 0.29) is 29.9 Å². The van der Waals surface area contributed by atoms with Gasteiger partial charge in [0.15, 0.2) is 0 Å². The standard InChI is InChI=1S/C31H28F2N6O3S/c1-5-26(41)38-13-16(2)39-21(14-38)10-24(37-39)30-28(27-23(33)8-20(32)9-25(27)42-15-17(3)40)31-22(6-7-43-31)29(36-30)19-11-34-18(4)35-12-19/h5-12,16-17,40H,1,13-15H2,2-4H3. The minimum atomic E-state index is -0.870. The number of pyridine rings is 1. The summed E-state index contributed by atoms with van der Waals surface area (Å²) >= 11 is 1.37. The van der Waals surface area contributed by atoms with Crippen LogP contribution in [0.1, 0.15) is 31.4 Å². The van der Waals surface area contributed by atoms with E-state index in [0.29, 0.717) is 51.8 Å². The second-order valence-corrected chi connectivity index (χ2v) is 11.4. The molecule has 5 heterocycles. The fraction of sp³-hybridized carbons (Fsp3) is 0.258. The van der Waals surface area contributed by atoms with Gasteiger partial charge in [0.05, 0.1) is 35.6 Å². The first kappa shape index (κ1) is 28.6. The van der Waals surface area contributed by atoms with Crippen molar-refractivity contribution in [3.63, 3.8) is 0 Å². The number of hydrogen-bond acceptors (Lipinski definition) is 8. The van der Waals surface area contributed by atoms with Gasteiger partial charge in [-0.25, -0.2) is 23.7 Å². The molecular formula is C31H28F2N6O3S. The van der Waals surface area contributed by atoms with Gasteiger partial charge < -0.3 is 14.7 Å². The summed E-state index contributed by atoms with van der Waals surface area (Å²) in [6.45, 7) is 9.46. The minimum Gasteiger partial charge on any atom is -0.490 e. The van der Waals surface area contributed by atoms with Crippen molar-refractivity contribution in [2.24, 2.45) is 0 Å². The number of hydrogen-bond donors (Lipinski definition) is 1. The number of fused-ring (bicyclic) bond motifs is 2. The maximum absolute atomic E-state index is 15.9. The molecule has 9 nitrogen and oxygen atoms in total. The van der Waals surface area contributed by atoms with Crippen molar-refractivity contribution in [2.75, 3.05) is 13.2 Å². The average Bonchev–Trinajstić information content (AvgIpc) is 3.64. The van der Waals surface area contributed by atoms with Gasteiger partial charge in [-0.2, -0.15) is 5.10 Å². The molecule has 0 radical (unpaired) electrons. The highest BCUT2D eigenvalue weighted by molar-refractivity contribution is 7.18. The molecule has 0 aliphatic carbocycles. The highest BCUT2D eigenvalue weighted by Crippen LogP contribution is 2.47. The highest BCUT2D eigenvalue weighted by Gasteiger charge is 2.30. The Kier molecular flexibility index (Phi) is 7.49. The van der Waals surface area contributed by atoms with Crippen molar-refractivity contribution in [1.82, 2.24) is 29.6 Å². The van der Waals surface area contributed by atoms with E-state index in [0.717, 1.165) is 23.2 Å². The second-order valence-electron chi connectivity index (χ2n) is 10.5. The number of ether oxygens (including phenoxy) is 1. The lowest BCUT2D eigenvalue weighted by molar-refractivity contribution is -0.127. The van der Waals surface area contributed by atoms with Crippen molar-refractivity contribution < 1.29 is 23.4 Å². The normalized spacial score (nSPS) is 15.4. The number of aryl methyl sites for hydroxylation is 1. The fourth-order valence-electron chi connectivity index (χ4n) is 5.30. The summed E-state index contributed by atoms with van der Waals surface area (Å²) in [5.41, 5.74) is 3.17. The molecule has 1 aliphatic rings. The lowest BCUT2D eigenvalue weighted by atomic mass is 9.97. The molecule has 2 atom stereocenters. The Hall–Kier alpha value is -4.55. The minimum absolute atomic E-state index is 0.00573. The van der Waals surface area contributed by atoms with Crippen LogP contribution in [0.15, 0.2) is 54.7 Å². The van der Waals surface area contributed by atoms with E-state index >= 15 is 4.39 Å². The first-order valence-corrected chi connectivity index (χ1v) is 14.5. The third-order valence-corrected chi connectivity index (χ3v) is 8.14. The summed E-state index contributed by atoms with van der Waals surface area (Å²) in [7, 11) is 0. The molecule has 1 amide bonds. The Labute approximate surface area is 250 Å². The van der Waals surface area contributed by atoms with Crippen molar-refractivity contribution in [2.45, 2.75) is 39.5 Å². The van der Waals surface area contributed by atoms with Crippen LogP contribution >= 0.6 is 11.3 Å². The van der Waals surface area contributed by atoms with Crippen molar-refractivity contribution in [1.29, 1.82) is 0 Å². The Balaban J connectivity index is 1.64. The van der Waals surface area contributed by atoms with Gasteiger partial charge in [0.25, 0.3) is 0 Å². The molecule has 0 fully saturated rings. The van der Waals surface area contributed by atoms with Crippen LogP contribution in [0.2, 0.25) is 0 Å². The molecule has 12 heteroatoms. The van der Waals surface area contributed by atoms with E-state index in [1.54, 1.807) is 24.2 Å². The van der Waals surface area contributed by atoms with E-state index in [2.05, 4.69) is 16.5 Å². The zero-order valence-electron chi connectivity index (χ0n) is 23.7. The largest absolute Gasteiger partial charge is 0.490 e. The molecule has 220 valence electrons. The summed E-state index contributed by atoms with van der Waals surface area (Å²) in [6.07, 6.45) is 3.77. The molecule has 43 heavy (non-hydrogen) atoms. The van der Waals surface area contributed by atoms with Crippen LogP contribution in [0.5, 0.6) is 5.75 Å². The van der Waals surface area contributed by atoms with Crippen molar-refractivity contribution in [3.8, 4) is 39.5 Å². The Bertz CT molecular complexity index is 1870. The zero-order chi connectivity index (χ0) is 30.4. The topological polar surface area (TPSA) is 106 Å². The first-order chi connectivity index (χ1) is 20.6. The third-order valence-electron chi connectivity index (χ3n) is 7.21. The number of rotatable bonds is 7. The second kappa shape index (κ2) is 11.3. The number of aliphatic hydroxyl groups is 1. The number of benzene rings is 1. The molecule has 4 aromatic heterocycles. The van der Waals surface area contributed by atoms with E-state index in [9.17, 15) is 14.3 Å². The molecule has 0 saturated carbocycles. The summed E-state index contributed by atoms with van der Waals surface area (Å²) in [5, 5.41) is 17.4.